The highest BCUT2D eigenvalue weighted by Gasteiger charge is 2.34. The molecule has 1 aromatic carbocycles. The fraction of sp³-hybridized carbons (Fsp3) is 0.350. The number of ether oxygens (including phenoxy) is 1. The molecule has 1 amide bonds. The minimum Gasteiger partial charge on any atom is -0.477 e. The van der Waals surface area contributed by atoms with Gasteiger partial charge in [0.25, 0.3) is 5.91 Å². The number of aromatic nitrogens is 1. The first kappa shape index (κ1) is 16.4. The van der Waals surface area contributed by atoms with Crippen LogP contribution in [0.25, 0.3) is 0 Å². The molecule has 2 aromatic rings. The first-order valence-electron chi connectivity index (χ1n) is 8.18. The van der Waals surface area contributed by atoms with Gasteiger partial charge in [-0.2, -0.15) is 0 Å². The zero-order valence-corrected chi connectivity index (χ0v) is 14.8. The molecular weight excluding hydrogens is 300 g/mol. The Kier molecular flexibility index (Phi) is 3.99. The van der Waals surface area contributed by atoms with Crippen molar-refractivity contribution in [2.75, 3.05) is 0 Å². The van der Waals surface area contributed by atoms with E-state index in [9.17, 15) is 4.79 Å². The summed E-state index contributed by atoms with van der Waals surface area (Å²) in [5, 5.41) is 0. The van der Waals surface area contributed by atoms with E-state index in [1.165, 1.54) is 0 Å². The highest BCUT2D eigenvalue weighted by molar-refractivity contribution is 6.19. The number of aryl methyl sites for hydroxylation is 1. The van der Waals surface area contributed by atoms with Crippen molar-refractivity contribution in [3.63, 3.8) is 0 Å². The summed E-state index contributed by atoms with van der Waals surface area (Å²) in [5.41, 5.74) is 3.43. The molecule has 0 unspecified atom stereocenters. The molecule has 3 rings (SSSR count). The summed E-state index contributed by atoms with van der Waals surface area (Å²) in [4.78, 5) is 21.5. The van der Waals surface area contributed by atoms with Crippen LogP contribution in [-0.2, 0) is 4.79 Å². The van der Waals surface area contributed by atoms with Crippen molar-refractivity contribution < 1.29 is 9.53 Å². The number of aliphatic imine (C=N–C) groups is 1. The fourth-order valence-corrected chi connectivity index (χ4v) is 2.91. The van der Waals surface area contributed by atoms with E-state index in [0.29, 0.717) is 17.4 Å². The summed E-state index contributed by atoms with van der Waals surface area (Å²) in [5.74, 6) is 0.725. The van der Waals surface area contributed by atoms with Gasteiger partial charge in [-0.1, -0.05) is 26.0 Å². The molecule has 0 atom stereocenters. The van der Waals surface area contributed by atoms with Gasteiger partial charge in [0, 0.05) is 23.0 Å². The summed E-state index contributed by atoms with van der Waals surface area (Å²) in [6.07, 6.45) is 1.80. The lowest BCUT2D eigenvalue weighted by molar-refractivity contribution is -0.130. The third kappa shape index (κ3) is 2.84. The van der Waals surface area contributed by atoms with E-state index >= 15 is 0 Å². The van der Waals surface area contributed by atoms with Crippen molar-refractivity contribution in [2.45, 2.75) is 46.1 Å². The number of nitrogens with zero attached hydrogens (tertiary/aromatic N) is 2. The summed E-state index contributed by atoms with van der Waals surface area (Å²) in [6, 6.07) is 9.66. The maximum Gasteiger partial charge on any atom is 0.289 e. The Morgan fingerprint density at radius 3 is 2.54 bits per heavy atom. The SMILES string of the molecule is Cc1cc(C2=NC(=O)C(C)(C)Oc3ccccc32)cnc1C(C)C. The number of hydrogen-bond acceptors (Lipinski definition) is 3. The van der Waals surface area contributed by atoms with Gasteiger partial charge in [-0.3, -0.25) is 9.78 Å². The second-order valence-corrected chi connectivity index (χ2v) is 6.95. The number of rotatable bonds is 2. The van der Waals surface area contributed by atoms with Gasteiger partial charge in [0.1, 0.15) is 5.75 Å². The molecular formula is C20H22N2O2. The Morgan fingerprint density at radius 2 is 1.88 bits per heavy atom. The van der Waals surface area contributed by atoms with E-state index in [-0.39, 0.29) is 5.91 Å². The number of pyridine rings is 1. The van der Waals surface area contributed by atoms with Crippen molar-refractivity contribution in [2.24, 2.45) is 4.99 Å². The predicted molar refractivity (Wildman–Crippen MR) is 94.9 cm³/mol. The van der Waals surface area contributed by atoms with Gasteiger partial charge >= 0.3 is 0 Å². The molecule has 1 aliphatic heterocycles. The van der Waals surface area contributed by atoms with Gasteiger partial charge in [0.05, 0.1) is 5.71 Å². The average molecular weight is 322 g/mol. The van der Waals surface area contributed by atoms with E-state index in [4.69, 9.17) is 4.74 Å². The maximum atomic E-state index is 12.5. The maximum absolute atomic E-state index is 12.5. The molecule has 1 aromatic heterocycles. The van der Waals surface area contributed by atoms with Gasteiger partial charge in [-0.05, 0) is 50.5 Å². The standard InChI is InChI=1S/C20H22N2O2/c1-12(2)17-13(3)10-14(11-21-17)18-15-8-6-7-9-16(15)24-20(4,5)19(23)22-18/h6-12H,1-5H3. The zero-order chi connectivity index (χ0) is 17.5. The van der Waals surface area contributed by atoms with E-state index in [0.717, 1.165) is 22.4 Å². The Morgan fingerprint density at radius 1 is 1.17 bits per heavy atom. The van der Waals surface area contributed by atoms with Crippen molar-refractivity contribution in [1.29, 1.82) is 0 Å². The number of carbonyl (C=O) groups is 1. The molecule has 24 heavy (non-hydrogen) atoms. The lowest BCUT2D eigenvalue weighted by Crippen LogP contribution is -2.36. The smallest absolute Gasteiger partial charge is 0.289 e. The molecule has 0 N–H and O–H groups in total. The van der Waals surface area contributed by atoms with Crippen LogP contribution in [0.3, 0.4) is 0 Å². The van der Waals surface area contributed by atoms with Gasteiger partial charge in [-0.25, -0.2) is 4.99 Å². The fourth-order valence-electron chi connectivity index (χ4n) is 2.91. The second kappa shape index (κ2) is 5.86. The quantitative estimate of drug-likeness (QED) is 0.838. The molecule has 0 spiro atoms. The number of carbonyl (C=O) groups excluding carboxylic acids is 1. The normalized spacial score (nSPS) is 16.2. The van der Waals surface area contributed by atoms with Crippen molar-refractivity contribution in [3.05, 3.63) is 58.9 Å². The van der Waals surface area contributed by atoms with E-state index in [1.54, 1.807) is 20.0 Å². The predicted octanol–water partition coefficient (Wildman–Crippen LogP) is 4.05. The molecule has 1 aliphatic rings. The van der Waals surface area contributed by atoms with Crippen LogP contribution >= 0.6 is 0 Å². The summed E-state index contributed by atoms with van der Waals surface area (Å²) < 4.78 is 5.92. The van der Waals surface area contributed by atoms with Crippen LogP contribution in [0.1, 0.15) is 56.0 Å². The van der Waals surface area contributed by atoms with Crippen molar-refractivity contribution >= 4 is 11.6 Å². The van der Waals surface area contributed by atoms with Crippen LogP contribution in [0.2, 0.25) is 0 Å². The second-order valence-electron chi connectivity index (χ2n) is 6.95. The Bertz CT molecular complexity index is 835. The third-order valence-corrected chi connectivity index (χ3v) is 4.17. The van der Waals surface area contributed by atoms with Crippen LogP contribution in [0, 0.1) is 6.92 Å². The van der Waals surface area contributed by atoms with Gasteiger partial charge < -0.3 is 4.74 Å². The van der Waals surface area contributed by atoms with Gasteiger partial charge in [0.2, 0.25) is 0 Å². The van der Waals surface area contributed by atoms with Crippen molar-refractivity contribution in [3.8, 4) is 5.75 Å². The van der Waals surface area contributed by atoms with Crippen molar-refractivity contribution in [1.82, 2.24) is 4.98 Å². The summed E-state index contributed by atoms with van der Waals surface area (Å²) >= 11 is 0. The number of amides is 1. The molecule has 0 aliphatic carbocycles. The number of para-hydroxylation sites is 1. The molecule has 0 saturated carbocycles. The van der Waals surface area contributed by atoms with Crippen LogP contribution in [-0.4, -0.2) is 22.2 Å². The van der Waals surface area contributed by atoms with Crippen LogP contribution in [0.4, 0.5) is 0 Å². The van der Waals surface area contributed by atoms with Crippen LogP contribution < -0.4 is 4.74 Å². The zero-order valence-electron chi connectivity index (χ0n) is 14.8. The Hall–Kier alpha value is -2.49. The molecule has 4 heteroatoms. The lowest BCUT2D eigenvalue weighted by atomic mass is 9.98. The van der Waals surface area contributed by atoms with E-state index in [1.807, 2.05) is 37.3 Å². The highest BCUT2D eigenvalue weighted by atomic mass is 16.5. The molecule has 124 valence electrons. The number of benzene rings is 1. The Balaban J connectivity index is 2.19. The molecule has 0 fully saturated rings. The third-order valence-electron chi connectivity index (χ3n) is 4.17. The molecule has 2 heterocycles. The van der Waals surface area contributed by atoms with E-state index in [2.05, 4.69) is 23.8 Å². The summed E-state index contributed by atoms with van der Waals surface area (Å²) in [7, 11) is 0. The first-order valence-corrected chi connectivity index (χ1v) is 8.18. The van der Waals surface area contributed by atoms with Gasteiger partial charge in [0.15, 0.2) is 5.60 Å². The monoisotopic (exact) mass is 322 g/mol. The minimum absolute atomic E-state index is 0.292. The van der Waals surface area contributed by atoms with E-state index < -0.39 is 5.60 Å². The lowest BCUT2D eigenvalue weighted by Gasteiger charge is -2.21. The van der Waals surface area contributed by atoms with Crippen LogP contribution in [0.15, 0.2) is 41.5 Å². The first-order chi connectivity index (χ1) is 11.3. The summed E-state index contributed by atoms with van der Waals surface area (Å²) in [6.45, 7) is 9.76. The number of fused-ring (bicyclic) bond motifs is 1. The molecule has 0 radical (unpaired) electrons. The minimum atomic E-state index is -0.988. The average Bonchev–Trinajstić information content (AvgIpc) is 2.61. The molecule has 0 bridgehead atoms. The molecule has 4 nitrogen and oxygen atoms in total. The highest BCUT2D eigenvalue weighted by Crippen LogP contribution is 2.30. The Labute approximate surface area is 142 Å². The van der Waals surface area contributed by atoms with Crippen LogP contribution in [0.5, 0.6) is 5.75 Å². The largest absolute Gasteiger partial charge is 0.477 e. The molecule has 0 saturated heterocycles. The number of hydrogen-bond donors (Lipinski definition) is 0. The van der Waals surface area contributed by atoms with Gasteiger partial charge in [-0.15, -0.1) is 0 Å². The topological polar surface area (TPSA) is 51.5 Å².